The lowest BCUT2D eigenvalue weighted by molar-refractivity contribution is 0.281. The molecule has 0 aliphatic carbocycles. The maximum atomic E-state index is 11.2. The number of aliphatic hydroxyl groups is 1. The monoisotopic (exact) mass is 245 g/mol. The van der Waals surface area contributed by atoms with Crippen LogP contribution in [0.1, 0.15) is 16.7 Å². The zero-order valence-corrected chi connectivity index (χ0v) is 9.43. The van der Waals surface area contributed by atoms with Gasteiger partial charge in [-0.2, -0.15) is 5.26 Å². The van der Waals surface area contributed by atoms with E-state index in [0.717, 1.165) is 0 Å². The highest BCUT2D eigenvalue weighted by Gasteiger charge is 2.19. The van der Waals surface area contributed by atoms with Crippen LogP contribution in [0.4, 0.5) is 0 Å². The van der Waals surface area contributed by atoms with E-state index >= 15 is 0 Å². The summed E-state index contributed by atoms with van der Waals surface area (Å²) in [6, 6.07) is 4.58. The van der Waals surface area contributed by atoms with Gasteiger partial charge in [-0.15, -0.1) is 0 Å². The first-order valence-corrected chi connectivity index (χ1v) is 6.30. The minimum Gasteiger partial charge on any atom is -0.392 e. The van der Waals surface area contributed by atoms with Crippen molar-refractivity contribution in [2.75, 3.05) is 0 Å². The van der Waals surface area contributed by atoms with Gasteiger partial charge in [0, 0.05) is 10.7 Å². The van der Waals surface area contributed by atoms with E-state index in [4.69, 9.17) is 21.1 Å². The number of hydrogen-bond donors (Lipinski definition) is 1. The van der Waals surface area contributed by atoms with Crippen LogP contribution in [0.25, 0.3) is 0 Å². The zero-order valence-electron chi connectivity index (χ0n) is 7.86. The predicted molar refractivity (Wildman–Crippen MR) is 54.9 cm³/mol. The first kappa shape index (κ1) is 12.0. The van der Waals surface area contributed by atoms with Crippen molar-refractivity contribution in [3.8, 4) is 6.07 Å². The van der Waals surface area contributed by atoms with Crippen LogP contribution in [0.15, 0.2) is 17.0 Å². The van der Waals surface area contributed by atoms with Crippen LogP contribution >= 0.6 is 10.7 Å². The third kappa shape index (κ3) is 2.48. The highest BCUT2D eigenvalue weighted by Crippen LogP contribution is 2.24. The summed E-state index contributed by atoms with van der Waals surface area (Å²) < 4.78 is 22.3. The number of rotatable bonds is 2. The van der Waals surface area contributed by atoms with Crippen LogP contribution < -0.4 is 0 Å². The summed E-state index contributed by atoms with van der Waals surface area (Å²) in [7, 11) is 1.22. The molecule has 0 heterocycles. The van der Waals surface area contributed by atoms with Crippen molar-refractivity contribution in [2.45, 2.75) is 18.4 Å². The Morgan fingerprint density at radius 2 is 2.13 bits per heavy atom. The molecule has 1 rings (SSSR count). The fourth-order valence-electron chi connectivity index (χ4n) is 1.27. The molecule has 1 N–H and O–H groups in total. The van der Waals surface area contributed by atoms with E-state index in [1.165, 1.54) is 6.07 Å². The molecule has 0 amide bonds. The molecule has 0 aliphatic rings. The van der Waals surface area contributed by atoms with Crippen molar-refractivity contribution in [1.29, 1.82) is 5.26 Å². The molecule has 1 aromatic carbocycles. The number of hydrogen-bond acceptors (Lipinski definition) is 4. The van der Waals surface area contributed by atoms with E-state index in [1.54, 1.807) is 19.1 Å². The van der Waals surface area contributed by atoms with E-state index < -0.39 is 15.7 Å². The highest BCUT2D eigenvalue weighted by molar-refractivity contribution is 8.13. The van der Waals surface area contributed by atoms with Gasteiger partial charge in [-0.05, 0) is 24.1 Å². The second-order valence-electron chi connectivity index (χ2n) is 3.00. The molecule has 0 spiro atoms. The van der Waals surface area contributed by atoms with Crippen LogP contribution in [0.5, 0.6) is 0 Å². The Morgan fingerprint density at radius 1 is 1.53 bits per heavy atom. The molecule has 6 heteroatoms. The molecule has 0 unspecified atom stereocenters. The van der Waals surface area contributed by atoms with E-state index in [1.807, 2.05) is 0 Å². The van der Waals surface area contributed by atoms with Crippen molar-refractivity contribution in [2.24, 2.45) is 0 Å². The molecule has 0 radical (unpaired) electrons. The summed E-state index contributed by atoms with van der Waals surface area (Å²) in [5.41, 5.74) is 0.784. The normalized spacial score (nSPS) is 11.1. The lowest BCUT2D eigenvalue weighted by Crippen LogP contribution is -2.01. The van der Waals surface area contributed by atoms with Gasteiger partial charge in [-0.25, -0.2) is 8.42 Å². The van der Waals surface area contributed by atoms with Gasteiger partial charge in [-0.3, -0.25) is 0 Å². The highest BCUT2D eigenvalue weighted by atomic mass is 35.7. The maximum Gasteiger partial charge on any atom is 0.262 e. The SMILES string of the molecule is Cc1cc(CO)c(C#N)c(S(=O)(=O)Cl)c1. The number of aliphatic hydroxyl groups excluding tert-OH is 1. The van der Waals surface area contributed by atoms with Crippen LogP contribution in [0, 0.1) is 18.3 Å². The largest absolute Gasteiger partial charge is 0.392 e. The molecular formula is C9H8ClNO3S. The summed E-state index contributed by atoms with van der Waals surface area (Å²) >= 11 is 0. The van der Waals surface area contributed by atoms with Gasteiger partial charge < -0.3 is 5.11 Å². The molecule has 0 saturated heterocycles. The molecule has 0 aliphatic heterocycles. The van der Waals surface area contributed by atoms with Crippen molar-refractivity contribution in [3.05, 3.63) is 28.8 Å². The topological polar surface area (TPSA) is 78.2 Å². The van der Waals surface area contributed by atoms with Crippen molar-refractivity contribution < 1.29 is 13.5 Å². The summed E-state index contributed by atoms with van der Waals surface area (Å²) in [5.74, 6) is 0. The molecule has 0 saturated carbocycles. The average Bonchev–Trinajstić information content (AvgIpc) is 2.15. The predicted octanol–water partition coefficient (Wildman–Crippen LogP) is 1.29. The molecule has 0 atom stereocenters. The molecule has 0 bridgehead atoms. The molecule has 0 fully saturated rings. The van der Waals surface area contributed by atoms with Gasteiger partial charge in [0.25, 0.3) is 9.05 Å². The van der Waals surface area contributed by atoms with Gasteiger partial charge in [0.1, 0.15) is 11.0 Å². The van der Waals surface area contributed by atoms with Crippen LogP contribution in [0.3, 0.4) is 0 Å². The second kappa shape index (κ2) is 4.19. The van der Waals surface area contributed by atoms with Gasteiger partial charge >= 0.3 is 0 Å². The van der Waals surface area contributed by atoms with Crippen molar-refractivity contribution in [1.82, 2.24) is 0 Å². The number of halogens is 1. The maximum absolute atomic E-state index is 11.2. The van der Waals surface area contributed by atoms with Gasteiger partial charge in [0.2, 0.25) is 0 Å². The van der Waals surface area contributed by atoms with Crippen LogP contribution in [0.2, 0.25) is 0 Å². The molecule has 1 aromatic rings. The first-order chi connectivity index (χ1) is 6.90. The fourth-order valence-corrected chi connectivity index (χ4v) is 2.38. The molecule has 4 nitrogen and oxygen atoms in total. The minimum atomic E-state index is -3.96. The van der Waals surface area contributed by atoms with E-state index in [2.05, 4.69) is 0 Å². The number of nitriles is 1. The minimum absolute atomic E-state index is 0.0990. The van der Waals surface area contributed by atoms with E-state index in [0.29, 0.717) is 5.56 Å². The Kier molecular flexibility index (Phi) is 3.35. The average molecular weight is 246 g/mol. The van der Waals surface area contributed by atoms with Crippen molar-refractivity contribution >= 4 is 19.7 Å². The number of nitrogens with zero attached hydrogens (tertiary/aromatic N) is 1. The lowest BCUT2D eigenvalue weighted by atomic mass is 10.1. The Hall–Kier alpha value is -1.09. The quantitative estimate of drug-likeness (QED) is 0.797. The summed E-state index contributed by atoms with van der Waals surface area (Å²) in [6.45, 7) is 1.26. The molecule has 80 valence electrons. The van der Waals surface area contributed by atoms with Crippen molar-refractivity contribution in [3.63, 3.8) is 0 Å². The summed E-state index contributed by atoms with van der Waals surface area (Å²) in [6.07, 6.45) is 0. The number of benzene rings is 1. The molecule has 0 aromatic heterocycles. The summed E-state index contributed by atoms with van der Waals surface area (Å²) in [4.78, 5) is -0.254. The third-order valence-electron chi connectivity index (χ3n) is 1.87. The van der Waals surface area contributed by atoms with E-state index in [9.17, 15) is 8.42 Å². The Balaban J connectivity index is 3.66. The molecule has 15 heavy (non-hydrogen) atoms. The zero-order chi connectivity index (χ0) is 11.6. The van der Waals surface area contributed by atoms with E-state index in [-0.39, 0.29) is 16.0 Å². The van der Waals surface area contributed by atoms with Gasteiger partial charge in [-0.1, -0.05) is 6.07 Å². The number of aryl methyl sites for hydroxylation is 1. The van der Waals surface area contributed by atoms with Crippen LogP contribution in [-0.4, -0.2) is 13.5 Å². The Bertz CT molecular complexity index is 531. The van der Waals surface area contributed by atoms with Crippen LogP contribution in [-0.2, 0) is 15.7 Å². The fraction of sp³-hybridized carbons (Fsp3) is 0.222. The first-order valence-electron chi connectivity index (χ1n) is 3.99. The standard InChI is InChI=1S/C9H8ClNO3S/c1-6-2-7(5-12)8(4-11)9(3-6)15(10,13)14/h2-3,12H,5H2,1H3. The second-order valence-corrected chi connectivity index (χ2v) is 5.54. The Labute approximate surface area is 92.1 Å². The van der Waals surface area contributed by atoms with Gasteiger partial charge in [0.05, 0.1) is 12.2 Å². The van der Waals surface area contributed by atoms with Gasteiger partial charge in [0.15, 0.2) is 0 Å². The Morgan fingerprint density at radius 3 is 2.53 bits per heavy atom. The lowest BCUT2D eigenvalue weighted by Gasteiger charge is -2.06. The smallest absolute Gasteiger partial charge is 0.262 e. The summed E-state index contributed by atoms with van der Waals surface area (Å²) in [5, 5.41) is 17.8. The third-order valence-corrected chi connectivity index (χ3v) is 3.22. The molecular weight excluding hydrogens is 238 g/mol.